The minimum absolute atomic E-state index is 0.193. The highest BCUT2D eigenvalue weighted by Crippen LogP contribution is 2.34. The molecule has 0 unspecified atom stereocenters. The molecule has 0 aliphatic carbocycles. The molecule has 1 aromatic heterocycles. The molecule has 1 aromatic carbocycles. The Bertz CT molecular complexity index is 889. The molecule has 4 rings (SSSR count). The summed E-state index contributed by atoms with van der Waals surface area (Å²) in [4.78, 5) is 6.38. The molecule has 2 aliphatic heterocycles. The fraction of sp³-hybridized carbons (Fsp3) is 0.471. The number of halogens is 1. The van der Waals surface area contributed by atoms with Gasteiger partial charge in [0.2, 0.25) is 0 Å². The maximum atomic E-state index is 13.4. The largest absolute Gasteiger partial charge is 0.368 e. The summed E-state index contributed by atoms with van der Waals surface area (Å²) in [5.74, 6) is -0.193. The Kier molecular flexibility index (Phi) is 4.29. The van der Waals surface area contributed by atoms with Crippen molar-refractivity contribution in [3.05, 3.63) is 40.8 Å². The van der Waals surface area contributed by atoms with E-state index in [-0.39, 0.29) is 5.82 Å². The molecule has 0 N–H and O–H groups in total. The minimum Gasteiger partial charge on any atom is -0.368 e. The lowest BCUT2D eigenvalue weighted by atomic mass is 10.0. The molecule has 0 bridgehead atoms. The van der Waals surface area contributed by atoms with Crippen molar-refractivity contribution >= 4 is 27.0 Å². The van der Waals surface area contributed by atoms with Crippen LogP contribution in [0, 0.1) is 12.7 Å². The SMILES string of the molecule is Cc1ncc(S(=O)(=O)N2CCC(N3CCc4cc(F)ccc43)CC2)s1. The van der Waals surface area contributed by atoms with Crippen molar-refractivity contribution < 1.29 is 12.8 Å². The molecule has 0 spiro atoms. The average Bonchev–Trinajstić information content (AvgIpc) is 3.21. The Morgan fingerprint density at radius 2 is 2.00 bits per heavy atom. The van der Waals surface area contributed by atoms with Crippen molar-refractivity contribution in [3.8, 4) is 0 Å². The molecule has 1 saturated heterocycles. The van der Waals surface area contributed by atoms with E-state index in [4.69, 9.17) is 0 Å². The van der Waals surface area contributed by atoms with Crippen LogP contribution in [-0.2, 0) is 16.4 Å². The maximum Gasteiger partial charge on any atom is 0.254 e. The van der Waals surface area contributed by atoms with Gasteiger partial charge in [-0.25, -0.2) is 17.8 Å². The first-order valence-electron chi connectivity index (χ1n) is 8.43. The Labute approximate surface area is 151 Å². The highest BCUT2D eigenvalue weighted by Gasteiger charge is 2.34. The van der Waals surface area contributed by atoms with Gasteiger partial charge in [-0.3, -0.25) is 0 Å². The van der Waals surface area contributed by atoms with Crippen molar-refractivity contribution in [2.45, 2.75) is 36.4 Å². The van der Waals surface area contributed by atoms with Gasteiger partial charge in [-0.05, 0) is 49.9 Å². The van der Waals surface area contributed by atoms with E-state index in [1.165, 1.54) is 23.6 Å². The van der Waals surface area contributed by atoms with Crippen LogP contribution in [-0.4, -0.2) is 43.4 Å². The molecule has 0 atom stereocenters. The molecule has 3 heterocycles. The summed E-state index contributed by atoms with van der Waals surface area (Å²) in [5, 5.41) is 0.759. The van der Waals surface area contributed by atoms with E-state index in [1.54, 1.807) is 10.4 Å². The van der Waals surface area contributed by atoms with Crippen molar-refractivity contribution in [1.29, 1.82) is 0 Å². The number of aromatic nitrogens is 1. The van der Waals surface area contributed by atoms with Crippen LogP contribution in [0.1, 0.15) is 23.4 Å². The van der Waals surface area contributed by atoms with Gasteiger partial charge in [-0.15, -0.1) is 11.3 Å². The Morgan fingerprint density at radius 3 is 2.68 bits per heavy atom. The number of hydrogen-bond donors (Lipinski definition) is 0. The van der Waals surface area contributed by atoms with Gasteiger partial charge in [0.05, 0.1) is 11.2 Å². The number of benzene rings is 1. The number of aryl methyl sites for hydroxylation is 1. The molecule has 0 amide bonds. The summed E-state index contributed by atoms with van der Waals surface area (Å²) >= 11 is 1.22. The molecule has 0 saturated carbocycles. The summed E-state index contributed by atoms with van der Waals surface area (Å²) in [6.45, 7) is 3.71. The van der Waals surface area contributed by atoms with E-state index in [2.05, 4.69) is 9.88 Å². The second-order valence-corrected chi connectivity index (χ2v) is 9.95. The number of nitrogens with zero attached hydrogens (tertiary/aromatic N) is 3. The first-order valence-corrected chi connectivity index (χ1v) is 10.7. The van der Waals surface area contributed by atoms with Crippen LogP contribution in [0.3, 0.4) is 0 Å². The topological polar surface area (TPSA) is 53.5 Å². The van der Waals surface area contributed by atoms with Crippen LogP contribution >= 0.6 is 11.3 Å². The number of thiazole rings is 1. The van der Waals surface area contributed by atoms with Gasteiger partial charge in [0, 0.05) is 31.4 Å². The molecule has 5 nitrogen and oxygen atoms in total. The van der Waals surface area contributed by atoms with Gasteiger partial charge >= 0.3 is 0 Å². The number of rotatable bonds is 3. The number of fused-ring (bicyclic) bond motifs is 1. The van der Waals surface area contributed by atoms with Gasteiger partial charge in [0.15, 0.2) is 4.21 Å². The van der Waals surface area contributed by atoms with E-state index in [1.807, 2.05) is 13.0 Å². The lowest BCUT2D eigenvalue weighted by Crippen LogP contribution is -2.46. The summed E-state index contributed by atoms with van der Waals surface area (Å²) in [5.41, 5.74) is 2.15. The Hall–Kier alpha value is -1.51. The highest BCUT2D eigenvalue weighted by atomic mass is 32.2. The molecule has 8 heteroatoms. The normalized spacial score (nSPS) is 19.4. The summed E-state index contributed by atoms with van der Waals surface area (Å²) in [7, 11) is -3.43. The third kappa shape index (κ3) is 3.07. The fourth-order valence-electron chi connectivity index (χ4n) is 3.76. The monoisotopic (exact) mass is 381 g/mol. The van der Waals surface area contributed by atoms with Crippen LogP contribution in [0.2, 0.25) is 0 Å². The van der Waals surface area contributed by atoms with Crippen LogP contribution < -0.4 is 4.90 Å². The van der Waals surface area contributed by atoms with Crippen molar-refractivity contribution in [2.24, 2.45) is 0 Å². The Morgan fingerprint density at radius 1 is 1.24 bits per heavy atom. The lowest BCUT2D eigenvalue weighted by Gasteiger charge is -2.37. The predicted octanol–water partition coefficient (Wildman–Crippen LogP) is 2.81. The summed E-state index contributed by atoms with van der Waals surface area (Å²) in [6, 6.07) is 5.27. The van der Waals surface area contributed by atoms with Crippen LogP contribution in [0.25, 0.3) is 0 Å². The molecule has 1 fully saturated rings. The zero-order valence-corrected chi connectivity index (χ0v) is 15.6. The lowest BCUT2D eigenvalue weighted by molar-refractivity contribution is 0.312. The third-order valence-corrected chi connectivity index (χ3v) is 8.28. The zero-order chi connectivity index (χ0) is 17.6. The van der Waals surface area contributed by atoms with Crippen LogP contribution in [0.15, 0.2) is 28.6 Å². The number of anilines is 1. The molecule has 25 heavy (non-hydrogen) atoms. The zero-order valence-electron chi connectivity index (χ0n) is 14.0. The molecule has 0 radical (unpaired) electrons. The second kappa shape index (κ2) is 6.34. The second-order valence-electron chi connectivity index (χ2n) is 6.55. The van der Waals surface area contributed by atoms with Gasteiger partial charge in [-0.1, -0.05) is 0 Å². The number of hydrogen-bond acceptors (Lipinski definition) is 5. The van der Waals surface area contributed by atoms with Crippen LogP contribution in [0.5, 0.6) is 0 Å². The predicted molar refractivity (Wildman–Crippen MR) is 96.1 cm³/mol. The van der Waals surface area contributed by atoms with Gasteiger partial charge in [0.1, 0.15) is 5.82 Å². The summed E-state index contributed by atoms with van der Waals surface area (Å²) in [6.07, 6.45) is 3.88. The molecular formula is C17H20FN3O2S2. The van der Waals surface area contributed by atoms with E-state index < -0.39 is 10.0 Å². The van der Waals surface area contributed by atoms with Gasteiger partial charge in [0.25, 0.3) is 10.0 Å². The smallest absolute Gasteiger partial charge is 0.254 e. The minimum atomic E-state index is -3.43. The number of piperidine rings is 1. The summed E-state index contributed by atoms with van der Waals surface area (Å²) < 4.78 is 40.7. The average molecular weight is 381 g/mol. The highest BCUT2D eigenvalue weighted by molar-refractivity contribution is 7.91. The first kappa shape index (κ1) is 16.9. The van der Waals surface area contributed by atoms with Crippen molar-refractivity contribution in [1.82, 2.24) is 9.29 Å². The molecular weight excluding hydrogens is 361 g/mol. The molecule has 2 aliphatic rings. The van der Waals surface area contributed by atoms with Crippen molar-refractivity contribution in [2.75, 3.05) is 24.5 Å². The van der Waals surface area contributed by atoms with Gasteiger partial charge in [-0.2, -0.15) is 4.31 Å². The molecule has 2 aromatic rings. The van der Waals surface area contributed by atoms with E-state index in [9.17, 15) is 12.8 Å². The Balaban J connectivity index is 1.46. The molecule has 134 valence electrons. The van der Waals surface area contributed by atoms with E-state index >= 15 is 0 Å². The van der Waals surface area contributed by atoms with E-state index in [0.29, 0.717) is 23.3 Å². The quantitative estimate of drug-likeness (QED) is 0.820. The van der Waals surface area contributed by atoms with Crippen LogP contribution in [0.4, 0.5) is 10.1 Å². The first-order chi connectivity index (χ1) is 11.9. The van der Waals surface area contributed by atoms with E-state index in [0.717, 1.165) is 42.1 Å². The fourth-order valence-corrected chi connectivity index (χ4v) is 6.49. The maximum absolute atomic E-state index is 13.4. The third-order valence-electron chi connectivity index (χ3n) is 5.03. The number of sulfonamides is 1. The van der Waals surface area contributed by atoms with Gasteiger partial charge < -0.3 is 4.90 Å². The van der Waals surface area contributed by atoms with Crippen molar-refractivity contribution in [3.63, 3.8) is 0 Å². The standard InChI is InChI=1S/C17H20FN3O2S2/c1-12-19-11-17(24-12)25(22,23)20-7-5-15(6-8-20)21-9-4-13-10-14(18)2-3-16(13)21/h2-3,10-11,15H,4-9H2,1H3.